The Hall–Kier alpha value is -5.78. The summed E-state index contributed by atoms with van der Waals surface area (Å²) in [7, 11) is 0. The van der Waals surface area contributed by atoms with Crippen molar-refractivity contribution in [2.75, 3.05) is 51.3 Å². The number of ether oxygens (including phenoxy) is 3. The first kappa shape index (κ1) is 41.6. The summed E-state index contributed by atoms with van der Waals surface area (Å²) in [6.07, 6.45) is 9.52. The van der Waals surface area contributed by atoms with Crippen molar-refractivity contribution in [3.05, 3.63) is 122 Å². The number of nitrogens with one attached hydrogen (secondary N) is 3. The normalized spacial score (nSPS) is 20.7. The molecule has 6 heterocycles. The van der Waals surface area contributed by atoms with Crippen LogP contribution >= 0.6 is 27.5 Å². The molecular formula is C44H44BrClFN9O6. The van der Waals surface area contributed by atoms with Crippen molar-refractivity contribution in [2.24, 2.45) is 0 Å². The molecule has 0 bridgehead atoms. The van der Waals surface area contributed by atoms with E-state index in [1.165, 1.54) is 18.0 Å². The molecule has 2 aromatic carbocycles. The summed E-state index contributed by atoms with van der Waals surface area (Å²) in [5.74, 6) is 2.24. The van der Waals surface area contributed by atoms with Crippen molar-refractivity contribution < 1.29 is 28.2 Å². The zero-order valence-corrected chi connectivity index (χ0v) is 36.0. The smallest absolute Gasteiger partial charge is 0.318 e. The van der Waals surface area contributed by atoms with E-state index in [2.05, 4.69) is 46.9 Å². The lowest BCUT2D eigenvalue weighted by molar-refractivity contribution is -0.0234. The van der Waals surface area contributed by atoms with Crippen LogP contribution < -0.4 is 31.0 Å². The lowest BCUT2D eigenvalue weighted by Gasteiger charge is -2.29. The second-order valence-electron chi connectivity index (χ2n) is 16.0. The third-order valence-corrected chi connectivity index (χ3v) is 12.7. The second-order valence-corrected chi connectivity index (χ2v) is 17.3. The van der Waals surface area contributed by atoms with E-state index in [-0.39, 0.29) is 47.0 Å². The molecule has 10 rings (SSSR count). The van der Waals surface area contributed by atoms with E-state index in [4.69, 9.17) is 25.8 Å². The van der Waals surface area contributed by atoms with Crippen molar-refractivity contribution in [3.8, 4) is 28.9 Å². The van der Waals surface area contributed by atoms with Gasteiger partial charge in [-0.25, -0.2) is 23.9 Å². The van der Waals surface area contributed by atoms with E-state index in [1.54, 1.807) is 18.3 Å². The van der Waals surface area contributed by atoms with Gasteiger partial charge in [-0.1, -0.05) is 35.9 Å². The van der Waals surface area contributed by atoms with E-state index in [9.17, 15) is 18.8 Å². The molecule has 3 aliphatic heterocycles. The van der Waals surface area contributed by atoms with Crippen LogP contribution in [0.1, 0.15) is 49.7 Å². The number of hydrogen-bond acceptors (Lipinski definition) is 10. The van der Waals surface area contributed by atoms with Gasteiger partial charge in [-0.3, -0.25) is 4.79 Å². The number of pyridine rings is 2. The number of halogens is 3. The van der Waals surface area contributed by atoms with Gasteiger partial charge in [0.1, 0.15) is 16.5 Å². The third-order valence-electron chi connectivity index (χ3n) is 11.9. The summed E-state index contributed by atoms with van der Waals surface area (Å²) in [4.78, 5) is 49.3. The Labute approximate surface area is 370 Å². The SMILES string of the molecule is O=C1NCCN1C1(c2ccc(Oc3ccc(-n4ncc(NCC5(F)CCCOC5)c(Cl)c4=O)cn3)cc2)CC1.O=C1NCCN1C1(c2ccc(Oc3ccc(Br)cn3)cc2)CC1. The number of urea groups is 2. The van der Waals surface area contributed by atoms with E-state index in [1.807, 2.05) is 70.5 Å². The molecule has 322 valence electrons. The Kier molecular flexibility index (Phi) is 11.5. The van der Waals surface area contributed by atoms with Gasteiger partial charge in [0.2, 0.25) is 11.8 Å². The molecule has 3 N–H and O–H groups in total. The van der Waals surface area contributed by atoms with E-state index < -0.39 is 11.2 Å². The standard InChI is InChI=1S/C27H28ClFN6O4.C17H16BrN3O2/c28-23-21(32-16-26(29)8-1-13-38-17-26)15-33-35(24(23)36)19-4-7-22(31-14-19)39-20-5-2-18(3-6-20)27(9-10-27)34-12-11-30-25(34)37;18-13-3-6-15(20-11-13)23-14-4-1-12(2-5-14)17(7-8-17)21-10-9-19-16(21)22/h2-7,14-15,32H,1,8-13,16-17H2,(H,30,37);1-6,11H,7-10H2,(H,19,22). The highest BCUT2D eigenvalue weighted by Crippen LogP contribution is 2.53. The Morgan fingerprint density at radius 2 is 1.32 bits per heavy atom. The molecule has 18 heteroatoms. The quantitative estimate of drug-likeness (QED) is 0.113. The van der Waals surface area contributed by atoms with Gasteiger partial charge in [0, 0.05) is 55.6 Å². The van der Waals surface area contributed by atoms with E-state index in [0.717, 1.165) is 59.2 Å². The minimum Gasteiger partial charge on any atom is -0.439 e. The molecule has 0 radical (unpaired) electrons. The lowest BCUT2D eigenvalue weighted by Crippen LogP contribution is -2.40. The van der Waals surface area contributed by atoms with Gasteiger partial charge in [0.15, 0.2) is 5.67 Å². The third kappa shape index (κ3) is 8.65. The van der Waals surface area contributed by atoms with Crippen LogP contribution in [0.5, 0.6) is 23.3 Å². The predicted octanol–water partition coefficient (Wildman–Crippen LogP) is 7.67. The molecule has 62 heavy (non-hydrogen) atoms. The number of hydrogen-bond donors (Lipinski definition) is 3. The maximum absolute atomic E-state index is 14.8. The highest BCUT2D eigenvalue weighted by atomic mass is 79.9. The number of amides is 4. The van der Waals surface area contributed by atoms with Crippen LogP contribution in [0, 0.1) is 0 Å². The Morgan fingerprint density at radius 3 is 1.77 bits per heavy atom. The molecule has 4 amide bonds. The molecule has 0 spiro atoms. The molecule has 2 saturated carbocycles. The number of alkyl halides is 1. The second kappa shape index (κ2) is 17.2. The summed E-state index contributed by atoms with van der Waals surface area (Å²) in [5, 5.41) is 12.7. The summed E-state index contributed by atoms with van der Waals surface area (Å²) >= 11 is 9.64. The number of benzene rings is 2. The average Bonchev–Trinajstić information content (AvgIpc) is 4.19. The first-order valence-electron chi connectivity index (χ1n) is 20.6. The molecule has 5 fully saturated rings. The van der Waals surface area contributed by atoms with Crippen molar-refractivity contribution in [1.29, 1.82) is 0 Å². The topological polar surface area (TPSA) is 165 Å². The van der Waals surface area contributed by atoms with Crippen molar-refractivity contribution >= 4 is 45.3 Å². The highest BCUT2D eigenvalue weighted by Gasteiger charge is 2.53. The number of carbonyl (C=O) groups is 2. The van der Waals surface area contributed by atoms with Crippen LogP contribution in [0.25, 0.3) is 5.69 Å². The number of carbonyl (C=O) groups excluding carboxylic acids is 2. The predicted molar refractivity (Wildman–Crippen MR) is 232 cm³/mol. The van der Waals surface area contributed by atoms with E-state index >= 15 is 0 Å². The highest BCUT2D eigenvalue weighted by molar-refractivity contribution is 9.10. The van der Waals surface area contributed by atoms with Crippen LogP contribution in [-0.2, 0) is 15.8 Å². The number of aromatic nitrogens is 4. The molecule has 2 aliphatic carbocycles. The first-order valence-corrected chi connectivity index (χ1v) is 21.8. The Morgan fingerprint density at radius 1 is 0.758 bits per heavy atom. The van der Waals surface area contributed by atoms with Gasteiger partial charge < -0.3 is 40.0 Å². The molecule has 15 nitrogen and oxygen atoms in total. The van der Waals surface area contributed by atoms with Crippen LogP contribution in [-0.4, -0.2) is 93.2 Å². The average molecular weight is 929 g/mol. The van der Waals surface area contributed by atoms with Crippen LogP contribution in [0.3, 0.4) is 0 Å². The monoisotopic (exact) mass is 927 g/mol. The fourth-order valence-electron chi connectivity index (χ4n) is 8.27. The first-order chi connectivity index (χ1) is 30.0. The number of rotatable bonds is 12. The lowest BCUT2D eigenvalue weighted by atomic mass is 9.99. The minimum absolute atomic E-state index is 0.00442. The fraction of sp³-hybridized carbons (Fsp3) is 0.364. The molecular weight excluding hydrogens is 885 g/mol. The maximum Gasteiger partial charge on any atom is 0.318 e. The fourth-order valence-corrected chi connectivity index (χ4v) is 8.70. The van der Waals surface area contributed by atoms with Crippen molar-refractivity contribution in [2.45, 2.75) is 55.3 Å². The summed E-state index contributed by atoms with van der Waals surface area (Å²) in [6, 6.07) is 22.7. The molecule has 5 aromatic rings. The zero-order chi connectivity index (χ0) is 42.9. The van der Waals surface area contributed by atoms with Gasteiger partial charge in [0.05, 0.1) is 48.0 Å². The van der Waals surface area contributed by atoms with Crippen molar-refractivity contribution in [1.82, 2.24) is 40.2 Å². The van der Waals surface area contributed by atoms with Crippen LogP contribution in [0.2, 0.25) is 5.02 Å². The number of anilines is 1. The molecule has 1 atom stereocenters. The Bertz CT molecular complexity index is 2480. The summed E-state index contributed by atoms with van der Waals surface area (Å²) in [6.45, 7) is 3.43. The largest absolute Gasteiger partial charge is 0.439 e. The zero-order valence-electron chi connectivity index (χ0n) is 33.6. The molecule has 3 aromatic heterocycles. The van der Waals surface area contributed by atoms with Gasteiger partial charge in [-0.15, -0.1) is 0 Å². The molecule has 1 unspecified atom stereocenters. The van der Waals surface area contributed by atoms with Crippen LogP contribution in [0.4, 0.5) is 19.7 Å². The van der Waals surface area contributed by atoms with Gasteiger partial charge in [-0.2, -0.15) is 9.78 Å². The summed E-state index contributed by atoms with van der Waals surface area (Å²) in [5.41, 5.74) is 0.517. The molecule has 5 aliphatic rings. The summed E-state index contributed by atoms with van der Waals surface area (Å²) < 4.78 is 33.7. The number of nitrogens with zero attached hydrogens (tertiary/aromatic N) is 6. The van der Waals surface area contributed by atoms with Crippen molar-refractivity contribution in [3.63, 3.8) is 0 Å². The van der Waals surface area contributed by atoms with Crippen LogP contribution in [0.15, 0.2) is 101 Å². The molecule has 3 saturated heterocycles. The van der Waals surface area contributed by atoms with Gasteiger partial charge in [0.25, 0.3) is 5.56 Å². The van der Waals surface area contributed by atoms with E-state index in [0.29, 0.717) is 55.7 Å². The van der Waals surface area contributed by atoms with Gasteiger partial charge in [-0.05, 0) is 102 Å². The maximum atomic E-state index is 14.8. The minimum atomic E-state index is -1.51. The van der Waals surface area contributed by atoms with Gasteiger partial charge >= 0.3 is 12.1 Å². The Balaban J connectivity index is 0.000000181.